The normalized spacial score (nSPS) is 19.2. The quantitative estimate of drug-likeness (QED) is 0.803. The first-order valence-electron chi connectivity index (χ1n) is 8.38. The number of fused-ring (bicyclic) bond motifs is 1. The molecule has 1 aromatic heterocycles. The van der Waals surface area contributed by atoms with Gasteiger partial charge in [-0.25, -0.2) is 4.79 Å². The first-order chi connectivity index (χ1) is 12.0. The lowest BCUT2D eigenvalue weighted by atomic mass is 9.67. The van der Waals surface area contributed by atoms with Crippen molar-refractivity contribution in [3.63, 3.8) is 0 Å². The monoisotopic (exact) mass is 358 g/mol. The summed E-state index contributed by atoms with van der Waals surface area (Å²) in [4.78, 5) is 25.0. The number of nitrogens with two attached hydrogens (primary N) is 2. The van der Waals surface area contributed by atoms with Gasteiger partial charge in [-0.2, -0.15) is 0 Å². The zero-order valence-corrected chi connectivity index (χ0v) is 15.0. The number of esters is 1. The zero-order valence-electron chi connectivity index (χ0n) is 14.2. The third kappa shape index (κ3) is 3.26. The smallest absolute Gasteiger partial charge is 0.341 e. The number of hydrogen-bond acceptors (Lipinski definition) is 5. The van der Waals surface area contributed by atoms with E-state index < -0.39 is 0 Å². The van der Waals surface area contributed by atoms with Crippen LogP contribution in [0, 0.1) is 0 Å². The van der Waals surface area contributed by atoms with Crippen molar-refractivity contribution in [2.45, 2.75) is 38.0 Å². The Morgan fingerprint density at radius 1 is 1.28 bits per heavy atom. The number of rotatable bonds is 5. The van der Waals surface area contributed by atoms with E-state index in [1.54, 1.807) is 6.92 Å². The summed E-state index contributed by atoms with van der Waals surface area (Å²) in [5.74, 6) is -0.679. The van der Waals surface area contributed by atoms with Gasteiger partial charge in [-0.3, -0.25) is 4.79 Å². The minimum Gasteiger partial charge on any atom is -0.462 e. The molecule has 25 heavy (non-hydrogen) atoms. The van der Waals surface area contributed by atoms with E-state index in [1.165, 1.54) is 11.3 Å². The summed E-state index contributed by atoms with van der Waals surface area (Å²) in [6.07, 6.45) is 2.36. The van der Waals surface area contributed by atoms with Gasteiger partial charge in [-0.15, -0.1) is 11.3 Å². The van der Waals surface area contributed by atoms with Gasteiger partial charge in [0.05, 0.1) is 12.2 Å². The van der Waals surface area contributed by atoms with Crippen LogP contribution in [0.3, 0.4) is 0 Å². The van der Waals surface area contributed by atoms with E-state index in [1.807, 2.05) is 30.3 Å². The molecule has 0 saturated carbocycles. The number of carbonyl (C=O) groups excluding carboxylic acids is 2. The molecule has 1 heterocycles. The van der Waals surface area contributed by atoms with Gasteiger partial charge in [0.15, 0.2) is 0 Å². The highest BCUT2D eigenvalue weighted by molar-refractivity contribution is 7.16. The molecule has 132 valence electrons. The van der Waals surface area contributed by atoms with E-state index in [2.05, 4.69) is 0 Å². The van der Waals surface area contributed by atoms with Gasteiger partial charge in [0, 0.05) is 16.7 Å². The standard InChI is InChI=1S/C19H22N2O3S/c1-2-24-18(23)16-13-8-9-19(11-15(20)22,10-14(13)25-17(16)21)12-6-4-3-5-7-12/h3-7H,2,8-11,21H2,1H3,(H2,20,22). The molecular formula is C19H22N2O3S. The molecule has 1 aliphatic carbocycles. The Hall–Kier alpha value is -2.34. The topological polar surface area (TPSA) is 95.4 Å². The maximum Gasteiger partial charge on any atom is 0.341 e. The number of carbonyl (C=O) groups is 2. The second-order valence-electron chi connectivity index (χ2n) is 6.43. The number of amides is 1. The molecule has 0 radical (unpaired) electrons. The van der Waals surface area contributed by atoms with E-state index in [9.17, 15) is 9.59 Å². The van der Waals surface area contributed by atoms with Crippen molar-refractivity contribution in [3.8, 4) is 0 Å². The van der Waals surface area contributed by atoms with Crippen molar-refractivity contribution in [2.24, 2.45) is 5.73 Å². The van der Waals surface area contributed by atoms with Gasteiger partial charge in [0.1, 0.15) is 5.00 Å². The maximum atomic E-state index is 12.2. The third-order valence-corrected chi connectivity index (χ3v) is 5.91. The van der Waals surface area contributed by atoms with Crippen LogP contribution < -0.4 is 11.5 Å². The largest absolute Gasteiger partial charge is 0.462 e. The van der Waals surface area contributed by atoms with Gasteiger partial charge in [-0.05, 0) is 37.3 Å². The highest BCUT2D eigenvalue weighted by Gasteiger charge is 2.40. The van der Waals surface area contributed by atoms with Gasteiger partial charge < -0.3 is 16.2 Å². The zero-order chi connectivity index (χ0) is 18.0. The van der Waals surface area contributed by atoms with Crippen LogP contribution in [0.15, 0.2) is 30.3 Å². The van der Waals surface area contributed by atoms with Crippen molar-refractivity contribution >= 4 is 28.2 Å². The van der Waals surface area contributed by atoms with Crippen LogP contribution in [-0.2, 0) is 27.8 Å². The van der Waals surface area contributed by atoms with Crippen LogP contribution in [0.5, 0.6) is 0 Å². The average molecular weight is 358 g/mol. The third-order valence-electron chi connectivity index (χ3n) is 4.85. The summed E-state index contributed by atoms with van der Waals surface area (Å²) < 4.78 is 5.15. The molecule has 1 aromatic carbocycles. The van der Waals surface area contributed by atoms with E-state index in [-0.39, 0.29) is 23.7 Å². The summed E-state index contributed by atoms with van der Waals surface area (Å²) in [5.41, 5.74) is 13.9. The number of benzene rings is 1. The molecule has 0 aliphatic heterocycles. The van der Waals surface area contributed by atoms with Gasteiger partial charge in [-0.1, -0.05) is 30.3 Å². The average Bonchev–Trinajstić information content (AvgIpc) is 2.90. The van der Waals surface area contributed by atoms with Crippen LogP contribution in [0.4, 0.5) is 5.00 Å². The molecule has 1 atom stereocenters. The number of anilines is 1. The Balaban J connectivity index is 2.02. The van der Waals surface area contributed by atoms with Crippen LogP contribution in [0.25, 0.3) is 0 Å². The van der Waals surface area contributed by atoms with Crippen molar-refractivity contribution < 1.29 is 14.3 Å². The van der Waals surface area contributed by atoms with Gasteiger partial charge in [0.2, 0.25) is 5.91 Å². The molecule has 0 bridgehead atoms. The number of nitrogen functional groups attached to an aromatic ring is 1. The molecule has 2 aromatic rings. The predicted octanol–water partition coefficient (Wildman–Crippen LogP) is 2.81. The van der Waals surface area contributed by atoms with Crippen LogP contribution in [-0.4, -0.2) is 18.5 Å². The van der Waals surface area contributed by atoms with Gasteiger partial charge in [0.25, 0.3) is 0 Å². The summed E-state index contributed by atoms with van der Waals surface area (Å²) in [5, 5.41) is 0.492. The minimum absolute atomic E-state index is 0.281. The highest BCUT2D eigenvalue weighted by Crippen LogP contribution is 2.46. The van der Waals surface area contributed by atoms with Crippen molar-refractivity contribution in [3.05, 3.63) is 51.9 Å². The Labute approximate surface area is 151 Å². The molecule has 6 heteroatoms. The molecule has 0 fully saturated rings. The SMILES string of the molecule is CCOC(=O)c1c(N)sc2c1CCC(CC(N)=O)(c1ccccc1)C2. The van der Waals surface area contributed by atoms with Crippen molar-refractivity contribution in [1.29, 1.82) is 0 Å². The fraction of sp³-hybridized carbons (Fsp3) is 0.368. The first-order valence-corrected chi connectivity index (χ1v) is 9.19. The Bertz CT molecular complexity index is 801. The lowest BCUT2D eigenvalue weighted by Crippen LogP contribution is -2.37. The van der Waals surface area contributed by atoms with Gasteiger partial charge >= 0.3 is 5.97 Å². The molecule has 5 nitrogen and oxygen atoms in total. The lowest BCUT2D eigenvalue weighted by molar-refractivity contribution is -0.119. The molecule has 1 amide bonds. The van der Waals surface area contributed by atoms with E-state index in [4.69, 9.17) is 16.2 Å². The number of primary amides is 1. The fourth-order valence-corrected chi connectivity index (χ4v) is 5.00. The highest BCUT2D eigenvalue weighted by atomic mass is 32.1. The Morgan fingerprint density at radius 2 is 2.00 bits per heavy atom. The van der Waals surface area contributed by atoms with Crippen LogP contribution in [0.2, 0.25) is 0 Å². The van der Waals surface area contributed by atoms with Crippen LogP contribution >= 0.6 is 11.3 Å². The summed E-state index contributed by atoms with van der Waals surface area (Å²) in [6, 6.07) is 9.98. The van der Waals surface area contributed by atoms with E-state index in [0.717, 1.165) is 22.4 Å². The molecular weight excluding hydrogens is 336 g/mol. The number of hydrogen-bond donors (Lipinski definition) is 2. The first kappa shape index (κ1) is 17.5. The van der Waals surface area contributed by atoms with Crippen molar-refractivity contribution in [2.75, 3.05) is 12.3 Å². The summed E-state index contributed by atoms with van der Waals surface area (Å²) in [7, 11) is 0. The number of ether oxygens (including phenoxy) is 1. The second-order valence-corrected chi connectivity index (χ2v) is 7.57. The van der Waals surface area contributed by atoms with Crippen molar-refractivity contribution in [1.82, 2.24) is 0 Å². The Kier molecular flexibility index (Phi) is 4.81. The molecule has 0 spiro atoms. The number of thiophene rings is 1. The Morgan fingerprint density at radius 3 is 2.64 bits per heavy atom. The van der Waals surface area contributed by atoms with E-state index >= 15 is 0 Å². The fourth-order valence-electron chi connectivity index (χ4n) is 3.75. The lowest BCUT2D eigenvalue weighted by Gasteiger charge is -2.37. The molecule has 1 aliphatic rings. The summed E-state index contributed by atoms with van der Waals surface area (Å²) in [6.45, 7) is 2.10. The summed E-state index contributed by atoms with van der Waals surface area (Å²) >= 11 is 1.42. The predicted molar refractivity (Wildman–Crippen MR) is 98.6 cm³/mol. The van der Waals surface area contributed by atoms with Crippen LogP contribution in [0.1, 0.15) is 46.1 Å². The minimum atomic E-state index is -0.361. The van der Waals surface area contributed by atoms with E-state index in [0.29, 0.717) is 30.0 Å². The molecule has 0 saturated heterocycles. The molecule has 1 unspecified atom stereocenters. The molecule has 3 rings (SSSR count). The maximum absolute atomic E-state index is 12.2. The second kappa shape index (κ2) is 6.88. The molecule has 4 N–H and O–H groups in total.